The molecule has 0 atom stereocenters. The van der Waals surface area contributed by atoms with E-state index in [4.69, 9.17) is 0 Å². The Bertz CT molecular complexity index is 555. The second-order valence-corrected chi connectivity index (χ2v) is 3.48. The summed E-state index contributed by atoms with van der Waals surface area (Å²) in [5.74, 6) is 0. The second kappa shape index (κ2) is 4.71. The van der Waals surface area contributed by atoms with E-state index in [1.807, 2.05) is 0 Å². The molecule has 0 saturated carbocycles. The molecule has 0 spiro atoms. The van der Waals surface area contributed by atoms with Crippen LogP contribution in [0.5, 0.6) is 0 Å². The van der Waals surface area contributed by atoms with Crippen molar-refractivity contribution >= 4 is 5.69 Å². The van der Waals surface area contributed by atoms with Gasteiger partial charge in [-0.3, -0.25) is 15.1 Å². The predicted molar refractivity (Wildman–Crippen MR) is 62.3 cm³/mol. The van der Waals surface area contributed by atoms with E-state index >= 15 is 0 Å². The van der Waals surface area contributed by atoms with E-state index in [9.17, 15) is 15.2 Å². The zero-order valence-corrected chi connectivity index (χ0v) is 8.91. The molecule has 0 aliphatic carbocycles. The predicted octanol–water partition coefficient (Wildman–Crippen LogP) is 2.15. The number of aliphatic hydroxyl groups is 1. The van der Waals surface area contributed by atoms with Crippen LogP contribution >= 0.6 is 0 Å². The van der Waals surface area contributed by atoms with Gasteiger partial charge in [-0.1, -0.05) is 18.2 Å². The van der Waals surface area contributed by atoms with Crippen LogP contribution in [-0.2, 0) is 6.61 Å². The van der Waals surface area contributed by atoms with E-state index in [-0.39, 0.29) is 12.3 Å². The molecule has 0 unspecified atom stereocenters. The molecule has 0 aliphatic heterocycles. The Balaban J connectivity index is 2.52. The minimum atomic E-state index is -0.453. The summed E-state index contributed by atoms with van der Waals surface area (Å²) in [5.41, 5.74) is 1.85. The average Bonchev–Trinajstić information content (AvgIpc) is 2.39. The fraction of sp³-hybridized carbons (Fsp3) is 0.0833. The van der Waals surface area contributed by atoms with Crippen molar-refractivity contribution in [2.45, 2.75) is 6.61 Å². The molecule has 0 bridgehead atoms. The van der Waals surface area contributed by atoms with Gasteiger partial charge >= 0.3 is 0 Å². The van der Waals surface area contributed by atoms with E-state index < -0.39 is 4.92 Å². The highest BCUT2D eigenvalue weighted by Gasteiger charge is 2.10. The summed E-state index contributed by atoms with van der Waals surface area (Å²) in [5, 5.41) is 19.9. The molecule has 0 radical (unpaired) electrons. The SMILES string of the molecule is O=[N+]([O-])c1cccc(-c2ncccc2CO)c1. The first-order valence-corrected chi connectivity index (χ1v) is 5.02. The van der Waals surface area contributed by atoms with Crippen LogP contribution in [0.3, 0.4) is 0 Å². The number of aromatic nitrogens is 1. The number of benzene rings is 1. The summed E-state index contributed by atoms with van der Waals surface area (Å²) >= 11 is 0. The van der Waals surface area contributed by atoms with Gasteiger partial charge in [0.1, 0.15) is 0 Å². The number of non-ortho nitro benzene ring substituents is 1. The second-order valence-electron chi connectivity index (χ2n) is 3.48. The fourth-order valence-electron chi connectivity index (χ4n) is 1.59. The summed E-state index contributed by atoms with van der Waals surface area (Å²) in [6, 6.07) is 9.65. The van der Waals surface area contributed by atoms with Crippen LogP contribution in [0.4, 0.5) is 5.69 Å². The smallest absolute Gasteiger partial charge is 0.270 e. The van der Waals surface area contributed by atoms with Gasteiger partial charge in [0.15, 0.2) is 0 Å². The van der Waals surface area contributed by atoms with Crippen LogP contribution in [0.15, 0.2) is 42.6 Å². The molecule has 1 aromatic carbocycles. The molecule has 0 saturated heterocycles. The minimum Gasteiger partial charge on any atom is -0.392 e. The molecular formula is C12H10N2O3. The monoisotopic (exact) mass is 230 g/mol. The maximum atomic E-state index is 10.7. The summed E-state index contributed by atoms with van der Waals surface area (Å²) in [7, 11) is 0. The number of pyridine rings is 1. The maximum absolute atomic E-state index is 10.7. The van der Waals surface area contributed by atoms with E-state index in [1.165, 1.54) is 12.1 Å². The molecule has 1 N–H and O–H groups in total. The minimum absolute atomic E-state index is 0.0112. The first-order chi connectivity index (χ1) is 8.22. The van der Waals surface area contributed by atoms with Gasteiger partial charge in [0.25, 0.3) is 5.69 Å². The number of nitro benzene ring substituents is 1. The Morgan fingerprint density at radius 2 is 2.12 bits per heavy atom. The highest BCUT2D eigenvalue weighted by Crippen LogP contribution is 2.24. The first kappa shape index (κ1) is 11.2. The van der Waals surface area contributed by atoms with Crippen molar-refractivity contribution in [3.05, 3.63) is 58.3 Å². The number of nitro groups is 1. The quantitative estimate of drug-likeness (QED) is 0.647. The molecule has 17 heavy (non-hydrogen) atoms. The van der Waals surface area contributed by atoms with Gasteiger partial charge < -0.3 is 5.11 Å². The standard InChI is InChI=1S/C12H10N2O3/c15-8-10-4-2-6-13-12(10)9-3-1-5-11(7-9)14(16)17/h1-7,15H,8H2. The molecule has 0 fully saturated rings. The molecule has 5 heteroatoms. The van der Waals surface area contributed by atoms with Crippen LogP contribution < -0.4 is 0 Å². The number of hydrogen-bond donors (Lipinski definition) is 1. The van der Waals surface area contributed by atoms with Crippen LogP contribution in [0, 0.1) is 10.1 Å². The largest absolute Gasteiger partial charge is 0.392 e. The summed E-state index contributed by atoms with van der Waals surface area (Å²) in [6.45, 7) is -0.147. The Hall–Kier alpha value is -2.27. The van der Waals surface area contributed by atoms with Gasteiger partial charge in [-0.2, -0.15) is 0 Å². The van der Waals surface area contributed by atoms with Crippen molar-refractivity contribution in [3.8, 4) is 11.3 Å². The Labute approximate surface area is 97.5 Å². The van der Waals surface area contributed by atoms with Gasteiger partial charge in [0.05, 0.1) is 17.2 Å². The molecule has 0 aliphatic rings. The van der Waals surface area contributed by atoms with Gasteiger partial charge in [0, 0.05) is 29.5 Å². The molecule has 2 aromatic rings. The number of nitrogens with zero attached hydrogens (tertiary/aromatic N) is 2. The van der Waals surface area contributed by atoms with Gasteiger partial charge in [-0.15, -0.1) is 0 Å². The number of aliphatic hydroxyl groups excluding tert-OH is 1. The van der Waals surface area contributed by atoms with E-state index in [0.717, 1.165) is 0 Å². The van der Waals surface area contributed by atoms with Crippen LogP contribution in [0.2, 0.25) is 0 Å². The van der Waals surface area contributed by atoms with E-state index in [1.54, 1.807) is 30.5 Å². The van der Waals surface area contributed by atoms with Crippen LogP contribution in [-0.4, -0.2) is 15.0 Å². The lowest BCUT2D eigenvalue weighted by atomic mass is 10.1. The zero-order chi connectivity index (χ0) is 12.3. The molecule has 0 amide bonds. The van der Waals surface area contributed by atoms with Crippen LogP contribution in [0.1, 0.15) is 5.56 Å². The average molecular weight is 230 g/mol. The number of hydrogen-bond acceptors (Lipinski definition) is 4. The molecule has 86 valence electrons. The Morgan fingerprint density at radius 1 is 1.29 bits per heavy atom. The first-order valence-electron chi connectivity index (χ1n) is 5.02. The third-order valence-corrected chi connectivity index (χ3v) is 2.39. The van der Waals surface area contributed by atoms with Gasteiger partial charge in [0.2, 0.25) is 0 Å². The van der Waals surface area contributed by atoms with E-state index in [0.29, 0.717) is 16.8 Å². The summed E-state index contributed by atoms with van der Waals surface area (Å²) in [6.07, 6.45) is 1.59. The van der Waals surface area contributed by atoms with Gasteiger partial charge in [-0.05, 0) is 6.07 Å². The Morgan fingerprint density at radius 3 is 2.82 bits per heavy atom. The highest BCUT2D eigenvalue weighted by atomic mass is 16.6. The van der Waals surface area contributed by atoms with Crippen molar-refractivity contribution in [2.24, 2.45) is 0 Å². The van der Waals surface area contributed by atoms with Crippen molar-refractivity contribution in [1.82, 2.24) is 4.98 Å². The normalized spacial score (nSPS) is 10.2. The summed E-state index contributed by atoms with van der Waals surface area (Å²) < 4.78 is 0. The molecule has 1 heterocycles. The lowest BCUT2D eigenvalue weighted by Gasteiger charge is -2.05. The molecule has 5 nitrogen and oxygen atoms in total. The van der Waals surface area contributed by atoms with Gasteiger partial charge in [-0.25, -0.2) is 0 Å². The van der Waals surface area contributed by atoms with Crippen molar-refractivity contribution in [1.29, 1.82) is 0 Å². The molecule has 1 aromatic heterocycles. The third-order valence-electron chi connectivity index (χ3n) is 2.39. The lowest BCUT2D eigenvalue weighted by Crippen LogP contribution is -1.94. The third kappa shape index (κ3) is 2.29. The van der Waals surface area contributed by atoms with Crippen molar-refractivity contribution < 1.29 is 10.0 Å². The molecule has 2 rings (SSSR count). The molecular weight excluding hydrogens is 220 g/mol. The highest BCUT2D eigenvalue weighted by molar-refractivity contribution is 5.65. The Kier molecular flexibility index (Phi) is 3.11. The van der Waals surface area contributed by atoms with Crippen molar-refractivity contribution in [2.75, 3.05) is 0 Å². The topological polar surface area (TPSA) is 76.3 Å². The zero-order valence-electron chi connectivity index (χ0n) is 8.91. The lowest BCUT2D eigenvalue weighted by molar-refractivity contribution is -0.384. The van der Waals surface area contributed by atoms with E-state index in [2.05, 4.69) is 4.98 Å². The van der Waals surface area contributed by atoms with Crippen molar-refractivity contribution in [3.63, 3.8) is 0 Å². The fourth-order valence-corrected chi connectivity index (χ4v) is 1.59. The van der Waals surface area contributed by atoms with Crippen LogP contribution in [0.25, 0.3) is 11.3 Å². The maximum Gasteiger partial charge on any atom is 0.270 e. The summed E-state index contributed by atoms with van der Waals surface area (Å²) in [4.78, 5) is 14.4. The number of rotatable bonds is 3.